The van der Waals surface area contributed by atoms with Crippen molar-refractivity contribution in [3.63, 3.8) is 0 Å². The first-order valence-corrected chi connectivity index (χ1v) is 8.21. The molecule has 0 unspecified atom stereocenters. The van der Waals surface area contributed by atoms with Crippen molar-refractivity contribution in [2.24, 2.45) is 0 Å². The molecule has 0 amide bonds. The number of nitrogens with zero attached hydrogens (tertiary/aromatic N) is 2. The molecule has 2 aromatic heterocycles. The summed E-state index contributed by atoms with van der Waals surface area (Å²) in [4.78, 5) is 16.8. The third kappa shape index (κ3) is 2.94. The van der Waals surface area contributed by atoms with Gasteiger partial charge in [-0.25, -0.2) is 13.8 Å². The SMILES string of the molecule is CC(C)(C)OC(=O)n1c(-c2ccccc2F)c(Br)c2ccncc21. The molecule has 0 radical (unpaired) electrons. The maximum Gasteiger partial charge on any atom is 0.419 e. The third-order valence-electron chi connectivity index (χ3n) is 3.41. The molecule has 0 spiro atoms. The fourth-order valence-corrected chi connectivity index (χ4v) is 3.21. The first-order chi connectivity index (χ1) is 11.3. The van der Waals surface area contributed by atoms with Crippen molar-refractivity contribution in [1.82, 2.24) is 9.55 Å². The normalized spacial score (nSPS) is 11.7. The molecule has 6 heteroatoms. The number of benzene rings is 1. The topological polar surface area (TPSA) is 44.1 Å². The van der Waals surface area contributed by atoms with Gasteiger partial charge in [0.25, 0.3) is 0 Å². The summed E-state index contributed by atoms with van der Waals surface area (Å²) in [5.74, 6) is -0.418. The van der Waals surface area contributed by atoms with Gasteiger partial charge in [0.1, 0.15) is 11.4 Å². The van der Waals surface area contributed by atoms with E-state index < -0.39 is 17.5 Å². The molecule has 4 nitrogen and oxygen atoms in total. The minimum Gasteiger partial charge on any atom is -0.443 e. The minimum atomic E-state index is -0.672. The summed E-state index contributed by atoms with van der Waals surface area (Å²) in [6, 6.07) is 8.08. The number of pyridine rings is 1. The van der Waals surface area contributed by atoms with Crippen molar-refractivity contribution >= 4 is 32.9 Å². The lowest BCUT2D eigenvalue weighted by Gasteiger charge is -2.21. The second-order valence-electron chi connectivity index (χ2n) is 6.35. The van der Waals surface area contributed by atoms with Gasteiger partial charge in [-0.15, -0.1) is 0 Å². The van der Waals surface area contributed by atoms with Crippen LogP contribution in [-0.4, -0.2) is 21.2 Å². The van der Waals surface area contributed by atoms with Crippen LogP contribution in [0.1, 0.15) is 20.8 Å². The second-order valence-corrected chi connectivity index (χ2v) is 7.14. The molecule has 0 aliphatic heterocycles. The van der Waals surface area contributed by atoms with Crippen LogP contribution in [-0.2, 0) is 4.74 Å². The van der Waals surface area contributed by atoms with Crippen molar-refractivity contribution in [3.05, 3.63) is 53.0 Å². The van der Waals surface area contributed by atoms with Gasteiger partial charge >= 0.3 is 6.09 Å². The molecule has 24 heavy (non-hydrogen) atoms. The first-order valence-electron chi connectivity index (χ1n) is 7.42. The number of halogens is 2. The number of carbonyl (C=O) groups is 1. The van der Waals surface area contributed by atoms with E-state index >= 15 is 0 Å². The summed E-state index contributed by atoms with van der Waals surface area (Å²) in [6.07, 6.45) is 2.61. The van der Waals surface area contributed by atoms with Crippen molar-refractivity contribution in [1.29, 1.82) is 0 Å². The Morgan fingerprint density at radius 1 is 1.25 bits per heavy atom. The molecule has 0 aliphatic rings. The molecule has 1 aromatic carbocycles. The fraction of sp³-hybridized carbons (Fsp3) is 0.222. The Labute approximate surface area is 147 Å². The van der Waals surface area contributed by atoms with Gasteiger partial charge in [-0.1, -0.05) is 12.1 Å². The van der Waals surface area contributed by atoms with E-state index in [4.69, 9.17) is 4.74 Å². The number of ether oxygens (including phenoxy) is 1. The van der Waals surface area contributed by atoms with E-state index in [1.165, 1.54) is 10.6 Å². The Kier molecular flexibility index (Phi) is 4.17. The van der Waals surface area contributed by atoms with Gasteiger partial charge in [-0.05, 0) is 54.9 Å². The van der Waals surface area contributed by atoms with Crippen LogP contribution in [0.15, 0.2) is 47.2 Å². The van der Waals surface area contributed by atoms with Crippen LogP contribution < -0.4 is 0 Å². The van der Waals surface area contributed by atoms with Gasteiger partial charge in [-0.2, -0.15) is 0 Å². The molecule has 124 valence electrons. The highest BCUT2D eigenvalue weighted by molar-refractivity contribution is 9.10. The van der Waals surface area contributed by atoms with Gasteiger partial charge in [0, 0.05) is 17.1 Å². The van der Waals surface area contributed by atoms with E-state index in [0.717, 1.165) is 5.39 Å². The van der Waals surface area contributed by atoms with Crippen molar-refractivity contribution in [3.8, 4) is 11.3 Å². The Morgan fingerprint density at radius 3 is 2.62 bits per heavy atom. The largest absolute Gasteiger partial charge is 0.443 e. The van der Waals surface area contributed by atoms with Gasteiger partial charge in [-0.3, -0.25) is 4.98 Å². The Morgan fingerprint density at radius 2 is 1.96 bits per heavy atom. The van der Waals surface area contributed by atoms with Crippen molar-refractivity contribution in [2.75, 3.05) is 0 Å². The summed E-state index contributed by atoms with van der Waals surface area (Å²) in [5.41, 5.74) is 0.600. The summed E-state index contributed by atoms with van der Waals surface area (Å²) < 4.78 is 21.8. The van der Waals surface area contributed by atoms with E-state index in [0.29, 0.717) is 21.2 Å². The van der Waals surface area contributed by atoms with Crippen LogP contribution in [0.25, 0.3) is 22.2 Å². The van der Waals surface area contributed by atoms with Gasteiger partial charge in [0.2, 0.25) is 0 Å². The zero-order chi connectivity index (χ0) is 17.5. The Balaban J connectivity index is 2.32. The summed E-state index contributed by atoms with van der Waals surface area (Å²) in [5, 5.41) is 0.758. The lowest BCUT2D eigenvalue weighted by Crippen LogP contribution is -2.27. The molecule has 0 fully saturated rings. The standard InChI is InChI=1S/C18H16BrFN2O2/c1-18(2,3)24-17(23)22-14-10-21-9-8-12(14)15(19)16(22)11-6-4-5-7-13(11)20/h4-10H,1-3H3. The highest BCUT2D eigenvalue weighted by Crippen LogP contribution is 2.38. The second kappa shape index (κ2) is 6.02. The number of fused-ring (bicyclic) bond motifs is 1. The molecular weight excluding hydrogens is 375 g/mol. The minimum absolute atomic E-state index is 0.312. The maximum absolute atomic E-state index is 14.4. The van der Waals surface area contributed by atoms with E-state index in [-0.39, 0.29) is 0 Å². The van der Waals surface area contributed by atoms with Crippen LogP contribution >= 0.6 is 15.9 Å². The molecule has 3 aromatic rings. The summed E-state index contributed by atoms with van der Waals surface area (Å²) in [7, 11) is 0. The molecule has 0 atom stereocenters. The zero-order valence-electron chi connectivity index (χ0n) is 13.5. The van der Waals surface area contributed by atoms with Gasteiger partial charge in [0.15, 0.2) is 0 Å². The van der Waals surface area contributed by atoms with Crippen LogP contribution in [0.5, 0.6) is 0 Å². The maximum atomic E-state index is 14.4. The average molecular weight is 391 g/mol. The lowest BCUT2D eigenvalue weighted by molar-refractivity contribution is 0.0547. The average Bonchev–Trinajstić information content (AvgIpc) is 2.80. The fourth-order valence-electron chi connectivity index (χ4n) is 2.49. The Bertz CT molecular complexity index is 928. The predicted octanol–water partition coefficient (Wildman–Crippen LogP) is 5.39. The summed E-state index contributed by atoms with van der Waals surface area (Å²) in [6.45, 7) is 5.35. The van der Waals surface area contributed by atoms with Crippen LogP contribution in [0.3, 0.4) is 0 Å². The molecule has 0 saturated heterocycles. The van der Waals surface area contributed by atoms with Crippen LogP contribution in [0, 0.1) is 5.82 Å². The van der Waals surface area contributed by atoms with E-state index in [1.807, 2.05) is 0 Å². The molecule has 0 N–H and O–H groups in total. The van der Waals surface area contributed by atoms with E-state index in [9.17, 15) is 9.18 Å². The smallest absolute Gasteiger partial charge is 0.419 e. The first kappa shape index (κ1) is 16.6. The highest BCUT2D eigenvalue weighted by atomic mass is 79.9. The number of hydrogen-bond donors (Lipinski definition) is 0. The number of aromatic nitrogens is 2. The predicted molar refractivity (Wildman–Crippen MR) is 94.5 cm³/mol. The van der Waals surface area contributed by atoms with Crippen LogP contribution in [0.4, 0.5) is 9.18 Å². The molecule has 0 bridgehead atoms. The van der Waals surface area contributed by atoms with E-state index in [2.05, 4.69) is 20.9 Å². The van der Waals surface area contributed by atoms with Crippen LogP contribution in [0.2, 0.25) is 0 Å². The quantitative estimate of drug-likeness (QED) is 0.559. The molecule has 0 saturated carbocycles. The number of carbonyl (C=O) groups excluding carboxylic acids is 1. The van der Waals surface area contributed by atoms with Gasteiger partial charge < -0.3 is 4.74 Å². The van der Waals surface area contributed by atoms with Crippen molar-refractivity contribution in [2.45, 2.75) is 26.4 Å². The molecule has 2 heterocycles. The highest BCUT2D eigenvalue weighted by Gasteiger charge is 2.26. The third-order valence-corrected chi connectivity index (χ3v) is 4.22. The molecular formula is C18H16BrFN2O2. The number of rotatable bonds is 1. The van der Waals surface area contributed by atoms with Crippen molar-refractivity contribution < 1.29 is 13.9 Å². The zero-order valence-corrected chi connectivity index (χ0v) is 15.1. The van der Waals surface area contributed by atoms with E-state index in [1.54, 1.807) is 57.4 Å². The molecule has 3 rings (SSSR count). The Hall–Kier alpha value is -2.21. The molecule has 0 aliphatic carbocycles. The van der Waals surface area contributed by atoms with Gasteiger partial charge in [0.05, 0.1) is 21.9 Å². The lowest BCUT2D eigenvalue weighted by atomic mass is 10.1. The monoisotopic (exact) mass is 390 g/mol. The number of hydrogen-bond acceptors (Lipinski definition) is 3. The summed E-state index contributed by atoms with van der Waals surface area (Å²) >= 11 is 3.50.